The fourth-order valence-corrected chi connectivity index (χ4v) is 0.600. The Morgan fingerprint density at radius 1 is 1.54 bits per heavy atom. The molecule has 0 radical (unpaired) electrons. The van der Waals surface area contributed by atoms with Crippen molar-refractivity contribution in [2.75, 3.05) is 13.7 Å². The topological polar surface area (TPSA) is 49.8 Å². The second kappa shape index (κ2) is 4.87. The first-order chi connectivity index (χ1) is 5.87. The van der Waals surface area contributed by atoms with Gasteiger partial charge in [-0.2, -0.15) is 0 Å². The Kier molecular flexibility index (Phi) is 4.48. The Labute approximate surface area is 78.8 Å². The number of aliphatic hydroxyl groups is 1. The second-order valence-corrected chi connectivity index (χ2v) is 3.66. The molecule has 0 unspecified atom stereocenters. The molecule has 0 aromatic rings. The van der Waals surface area contributed by atoms with Crippen LogP contribution in [0.3, 0.4) is 0 Å². The minimum atomic E-state index is -0.488. The zero-order chi connectivity index (χ0) is 10.5. The smallest absolute Gasteiger partial charge is 0.414 e. The Morgan fingerprint density at radius 3 is 2.46 bits per heavy atom. The third-order valence-electron chi connectivity index (χ3n) is 1.12. The minimum Gasteiger partial charge on any atom is -0.443 e. The van der Waals surface area contributed by atoms with Gasteiger partial charge in [0.05, 0.1) is 6.61 Å². The summed E-state index contributed by atoms with van der Waals surface area (Å²) in [5.74, 6) is 0. The molecule has 0 saturated carbocycles. The van der Waals surface area contributed by atoms with Crippen LogP contribution in [-0.4, -0.2) is 35.4 Å². The second-order valence-electron chi connectivity index (χ2n) is 3.66. The van der Waals surface area contributed by atoms with Crippen LogP contribution in [0.5, 0.6) is 0 Å². The van der Waals surface area contributed by atoms with E-state index in [1.165, 1.54) is 17.2 Å². The molecule has 1 amide bonds. The maximum atomic E-state index is 11.2. The molecule has 0 aliphatic heterocycles. The molecule has 4 heteroatoms. The van der Waals surface area contributed by atoms with Crippen molar-refractivity contribution in [3.05, 3.63) is 12.3 Å². The van der Waals surface area contributed by atoms with E-state index in [-0.39, 0.29) is 6.61 Å². The lowest BCUT2D eigenvalue weighted by molar-refractivity contribution is 0.0371. The van der Waals surface area contributed by atoms with E-state index in [2.05, 4.69) is 0 Å². The maximum absolute atomic E-state index is 11.2. The Morgan fingerprint density at radius 2 is 2.08 bits per heavy atom. The van der Waals surface area contributed by atoms with Crippen LogP contribution in [0.25, 0.3) is 0 Å². The molecular formula is C9H17NO3. The number of amides is 1. The zero-order valence-corrected chi connectivity index (χ0v) is 8.57. The van der Waals surface area contributed by atoms with Gasteiger partial charge in [0.25, 0.3) is 0 Å². The van der Waals surface area contributed by atoms with E-state index >= 15 is 0 Å². The van der Waals surface area contributed by atoms with Crippen LogP contribution in [0.2, 0.25) is 0 Å². The van der Waals surface area contributed by atoms with Crippen LogP contribution in [0.15, 0.2) is 12.3 Å². The normalized spacial score (nSPS) is 11.8. The summed E-state index contributed by atoms with van der Waals surface area (Å²) in [4.78, 5) is 12.5. The lowest BCUT2D eigenvalue weighted by atomic mass is 10.2. The van der Waals surface area contributed by atoms with Crippen LogP contribution in [-0.2, 0) is 4.74 Å². The number of rotatable bonds is 2. The van der Waals surface area contributed by atoms with Gasteiger partial charge >= 0.3 is 6.09 Å². The first kappa shape index (κ1) is 12.0. The third-order valence-corrected chi connectivity index (χ3v) is 1.12. The van der Waals surface area contributed by atoms with Crippen LogP contribution < -0.4 is 0 Å². The summed E-state index contributed by atoms with van der Waals surface area (Å²) in [6.07, 6.45) is 2.50. The molecule has 0 aromatic heterocycles. The molecule has 0 bridgehead atoms. The lowest BCUT2D eigenvalue weighted by Crippen LogP contribution is -2.31. The highest BCUT2D eigenvalue weighted by Crippen LogP contribution is 2.08. The van der Waals surface area contributed by atoms with Crippen molar-refractivity contribution in [2.24, 2.45) is 0 Å². The third kappa shape index (κ3) is 6.16. The highest BCUT2D eigenvalue weighted by Gasteiger charge is 2.17. The van der Waals surface area contributed by atoms with E-state index in [1.807, 2.05) is 0 Å². The molecule has 0 aliphatic rings. The van der Waals surface area contributed by atoms with Crippen molar-refractivity contribution < 1.29 is 14.6 Å². The summed E-state index contributed by atoms with van der Waals surface area (Å²) in [7, 11) is 1.57. The minimum absolute atomic E-state index is 0.0901. The Balaban J connectivity index is 4.04. The maximum Gasteiger partial charge on any atom is 0.414 e. The Hall–Kier alpha value is -1.03. The fraction of sp³-hybridized carbons (Fsp3) is 0.667. The van der Waals surface area contributed by atoms with Gasteiger partial charge in [-0.3, -0.25) is 4.90 Å². The van der Waals surface area contributed by atoms with Gasteiger partial charge in [-0.1, -0.05) is 0 Å². The van der Waals surface area contributed by atoms with Gasteiger partial charge < -0.3 is 9.84 Å². The predicted octanol–water partition coefficient (Wildman–Crippen LogP) is 1.36. The summed E-state index contributed by atoms with van der Waals surface area (Å²) in [5, 5.41) is 8.46. The van der Waals surface area contributed by atoms with Crippen LogP contribution in [0.1, 0.15) is 20.8 Å². The average molecular weight is 187 g/mol. The van der Waals surface area contributed by atoms with Crippen LogP contribution >= 0.6 is 0 Å². The largest absolute Gasteiger partial charge is 0.443 e. The van der Waals surface area contributed by atoms with E-state index in [1.54, 1.807) is 27.8 Å². The summed E-state index contributed by atoms with van der Waals surface area (Å²) >= 11 is 0. The standard InChI is InChI=1S/C9H17NO3/c1-9(2,3)13-8(12)10(4)6-5-7-11/h5-6,11H,7H2,1-4H3/b6-5+. The number of carbonyl (C=O) groups is 1. The molecule has 0 spiro atoms. The molecule has 76 valence electrons. The molecule has 13 heavy (non-hydrogen) atoms. The predicted molar refractivity (Wildman–Crippen MR) is 50.2 cm³/mol. The van der Waals surface area contributed by atoms with E-state index < -0.39 is 11.7 Å². The summed E-state index contributed by atoms with van der Waals surface area (Å²) in [5.41, 5.74) is -0.488. The number of aliphatic hydroxyl groups excluding tert-OH is 1. The van der Waals surface area contributed by atoms with E-state index in [4.69, 9.17) is 9.84 Å². The number of ether oxygens (including phenoxy) is 1. The molecule has 4 nitrogen and oxygen atoms in total. The molecule has 1 N–H and O–H groups in total. The summed E-state index contributed by atoms with van der Waals surface area (Å²) < 4.78 is 5.05. The molecular weight excluding hydrogens is 170 g/mol. The zero-order valence-electron chi connectivity index (χ0n) is 8.57. The first-order valence-electron chi connectivity index (χ1n) is 4.10. The lowest BCUT2D eigenvalue weighted by Gasteiger charge is -2.22. The first-order valence-corrected chi connectivity index (χ1v) is 4.10. The van der Waals surface area contributed by atoms with Crippen molar-refractivity contribution in [3.8, 4) is 0 Å². The van der Waals surface area contributed by atoms with E-state index in [0.29, 0.717) is 0 Å². The van der Waals surface area contributed by atoms with Crippen molar-refractivity contribution in [2.45, 2.75) is 26.4 Å². The highest BCUT2D eigenvalue weighted by atomic mass is 16.6. The van der Waals surface area contributed by atoms with Gasteiger partial charge in [0.15, 0.2) is 0 Å². The molecule has 0 heterocycles. The van der Waals surface area contributed by atoms with Gasteiger partial charge in [0, 0.05) is 13.2 Å². The van der Waals surface area contributed by atoms with Crippen LogP contribution in [0, 0.1) is 0 Å². The molecule has 0 saturated heterocycles. The van der Waals surface area contributed by atoms with Crippen molar-refractivity contribution in [1.29, 1.82) is 0 Å². The van der Waals surface area contributed by atoms with Crippen molar-refractivity contribution >= 4 is 6.09 Å². The Bertz CT molecular complexity index is 194. The fourth-order valence-electron chi connectivity index (χ4n) is 0.600. The molecule has 0 fully saturated rings. The number of carbonyl (C=O) groups excluding carboxylic acids is 1. The van der Waals surface area contributed by atoms with Gasteiger partial charge in [0.1, 0.15) is 5.60 Å². The SMILES string of the molecule is CN(/C=C/CO)C(=O)OC(C)(C)C. The quantitative estimate of drug-likeness (QED) is 0.710. The number of nitrogens with zero attached hydrogens (tertiary/aromatic N) is 1. The van der Waals surface area contributed by atoms with Gasteiger partial charge in [0.2, 0.25) is 0 Å². The molecule has 0 atom stereocenters. The van der Waals surface area contributed by atoms with Gasteiger partial charge in [-0.05, 0) is 26.8 Å². The number of hydrogen-bond acceptors (Lipinski definition) is 3. The van der Waals surface area contributed by atoms with Crippen molar-refractivity contribution in [3.63, 3.8) is 0 Å². The van der Waals surface area contributed by atoms with Gasteiger partial charge in [-0.25, -0.2) is 4.79 Å². The summed E-state index contributed by atoms with van der Waals surface area (Å²) in [6.45, 7) is 5.31. The van der Waals surface area contributed by atoms with Crippen LogP contribution in [0.4, 0.5) is 4.79 Å². The average Bonchev–Trinajstić information content (AvgIpc) is 1.96. The molecule has 0 aromatic carbocycles. The molecule has 0 aliphatic carbocycles. The molecule has 0 rings (SSSR count). The summed E-state index contributed by atoms with van der Waals surface area (Å²) in [6, 6.07) is 0. The highest BCUT2D eigenvalue weighted by molar-refractivity contribution is 5.68. The van der Waals surface area contributed by atoms with Crippen molar-refractivity contribution in [1.82, 2.24) is 4.90 Å². The van der Waals surface area contributed by atoms with E-state index in [9.17, 15) is 4.79 Å². The monoisotopic (exact) mass is 187 g/mol. The van der Waals surface area contributed by atoms with E-state index in [0.717, 1.165) is 0 Å². The van der Waals surface area contributed by atoms with Gasteiger partial charge in [-0.15, -0.1) is 0 Å². The number of hydrogen-bond donors (Lipinski definition) is 1.